The van der Waals surface area contributed by atoms with Gasteiger partial charge in [-0.05, 0) is 29.7 Å². The molecule has 29 heavy (non-hydrogen) atoms. The number of aliphatic hydroxyl groups excluding tert-OH is 5. The highest BCUT2D eigenvalue weighted by molar-refractivity contribution is 5.53. The third-order valence-corrected chi connectivity index (χ3v) is 4.29. The van der Waals surface area contributed by atoms with Crippen LogP contribution in [-0.4, -0.2) is 56.6 Å². The average Bonchev–Trinajstić information content (AvgIpc) is 2.75. The fourth-order valence-corrected chi connectivity index (χ4v) is 2.67. The number of aliphatic hydroxyl groups is 5. The number of hydrogen-bond donors (Lipinski definition) is 5. The van der Waals surface area contributed by atoms with Gasteiger partial charge in [-0.2, -0.15) is 0 Å². The highest BCUT2D eigenvalue weighted by Crippen LogP contribution is 2.20. The predicted molar refractivity (Wildman–Crippen MR) is 112 cm³/mol. The van der Waals surface area contributed by atoms with Crippen molar-refractivity contribution in [2.75, 3.05) is 6.61 Å². The van der Waals surface area contributed by atoms with Crippen molar-refractivity contribution in [1.82, 2.24) is 0 Å². The second-order valence-electron chi connectivity index (χ2n) is 6.66. The van der Waals surface area contributed by atoms with E-state index in [1.165, 1.54) is 6.08 Å². The molecule has 2 aromatic rings. The van der Waals surface area contributed by atoms with Crippen LogP contribution in [0.5, 0.6) is 0 Å². The Kier molecular flexibility index (Phi) is 8.89. The lowest BCUT2D eigenvalue weighted by atomic mass is 9.98. The predicted octanol–water partition coefficient (Wildman–Crippen LogP) is 2.50. The van der Waals surface area contributed by atoms with E-state index in [9.17, 15) is 25.5 Å². The zero-order valence-corrected chi connectivity index (χ0v) is 16.3. The molecule has 0 saturated carbocycles. The molecule has 4 atom stereocenters. The van der Waals surface area contributed by atoms with Crippen molar-refractivity contribution >= 4 is 12.2 Å². The first kappa shape index (κ1) is 22.6. The first-order chi connectivity index (χ1) is 13.9. The Bertz CT molecular complexity index is 788. The summed E-state index contributed by atoms with van der Waals surface area (Å²) in [7, 11) is 0. The van der Waals surface area contributed by atoms with Gasteiger partial charge in [-0.15, -0.1) is 0 Å². The summed E-state index contributed by atoms with van der Waals surface area (Å²) in [5.74, 6) is -0.471. The molecule has 0 radical (unpaired) electrons. The summed E-state index contributed by atoms with van der Waals surface area (Å²) >= 11 is 0. The minimum atomic E-state index is -1.84. The molecular formula is C23H28O6. The van der Waals surface area contributed by atoms with Gasteiger partial charge in [-0.25, -0.2) is 0 Å². The Morgan fingerprint density at radius 1 is 0.793 bits per heavy atom. The quantitative estimate of drug-likeness (QED) is 0.392. The molecule has 6 heteroatoms. The molecule has 0 unspecified atom stereocenters. The van der Waals surface area contributed by atoms with Crippen LogP contribution in [-0.2, 0) is 4.74 Å². The van der Waals surface area contributed by atoms with Gasteiger partial charge in [0.25, 0.3) is 0 Å². The van der Waals surface area contributed by atoms with Crippen LogP contribution in [0.4, 0.5) is 0 Å². The molecule has 2 aromatic carbocycles. The molecule has 0 aliphatic heterocycles. The van der Waals surface area contributed by atoms with Crippen molar-refractivity contribution in [1.29, 1.82) is 0 Å². The van der Waals surface area contributed by atoms with Gasteiger partial charge in [0.1, 0.15) is 35.9 Å². The highest BCUT2D eigenvalue weighted by Gasteiger charge is 2.35. The molecule has 0 heterocycles. The van der Waals surface area contributed by atoms with Crippen LogP contribution in [0.2, 0.25) is 0 Å². The van der Waals surface area contributed by atoms with E-state index >= 15 is 0 Å². The van der Waals surface area contributed by atoms with Gasteiger partial charge in [-0.3, -0.25) is 0 Å². The SMILES string of the molecule is CCCOC(=Cc1ccccc1)[C@H](O)[C@@H](O)[C@H](O)[C@H](O)C(O)=Cc1ccccc1. The fraction of sp³-hybridized carbons (Fsp3) is 0.304. The summed E-state index contributed by atoms with van der Waals surface area (Å²) in [6.07, 6.45) is -3.50. The molecule has 156 valence electrons. The third-order valence-electron chi connectivity index (χ3n) is 4.29. The van der Waals surface area contributed by atoms with Gasteiger partial charge in [0.2, 0.25) is 0 Å². The standard InChI is InChI=1S/C23H28O6/c1-2-13-29-19(15-17-11-7-4-8-12-17)21(26)23(28)22(27)20(25)18(24)14-16-9-5-3-6-10-16/h3-12,14-15,20-28H,2,13H2,1H3/t20-,21+,22-,23-/m1/s1. The molecule has 0 aliphatic carbocycles. The van der Waals surface area contributed by atoms with Crippen LogP contribution in [0.15, 0.2) is 72.2 Å². The smallest absolute Gasteiger partial charge is 0.139 e. The van der Waals surface area contributed by atoms with E-state index in [0.717, 1.165) is 5.56 Å². The van der Waals surface area contributed by atoms with Gasteiger partial charge < -0.3 is 30.3 Å². The summed E-state index contributed by atoms with van der Waals surface area (Å²) in [6, 6.07) is 17.8. The molecule has 2 rings (SSSR count). The zero-order chi connectivity index (χ0) is 21.2. The van der Waals surface area contributed by atoms with E-state index < -0.39 is 30.2 Å². The zero-order valence-electron chi connectivity index (χ0n) is 16.3. The van der Waals surface area contributed by atoms with Crippen molar-refractivity contribution in [3.63, 3.8) is 0 Å². The van der Waals surface area contributed by atoms with E-state index in [4.69, 9.17) is 4.74 Å². The molecule has 6 nitrogen and oxygen atoms in total. The van der Waals surface area contributed by atoms with E-state index in [2.05, 4.69) is 0 Å². The van der Waals surface area contributed by atoms with Crippen molar-refractivity contribution in [3.05, 3.63) is 83.3 Å². The van der Waals surface area contributed by atoms with Gasteiger partial charge in [0.05, 0.1) is 6.61 Å². The normalized spacial score (nSPS) is 16.7. The monoisotopic (exact) mass is 400 g/mol. The number of hydrogen-bond acceptors (Lipinski definition) is 6. The lowest BCUT2D eigenvalue weighted by molar-refractivity contribution is -0.103. The van der Waals surface area contributed by atoms with Crippen LogP contribution >= 0.6 is 0 Å². The minimum absolute atomic E-state index is 0.0586. The first-order valence-electron chi connectivity index (χ1n) is 9.51. The third kappa shape index (κ3) is 6.73. The molecule has 0 saturated heterocycles. The maximum Gasteiger partial charge on any atom is 0.139 e. The first-order valence-corrected chi connectivity index (χ1v) is 9.51. The van der Waals surface area contributed by atoms with Gasteiger partial charge >= 0.3 is 0 Å². The average molecular weight is 400 g/mol. The van der Waals surface area contributed by atoms with Crippen molar-refractivity contribution in [2.45, 2.75) is 37.8 Å². The van der Waals surface area contributed by atoms with E-state index in [0.29, 0.717) is 18.6 Å². The van der Waals surface area contributed by atoms with E-state index in [1.54, 1.807) is 48.5 Å². The second kappa shape index (κ2) is 11.4. The fourth-order valence-electron chi connectivity index (χ4n) is 2.67. The van der Waals surface area contributed by atoms with E-state index in [1.807, 2.05) is 25.1 Å². The highest BCUT2D eigenvalue weighted by atomic mass is 16.5. The second-order valence-corrected chi connectivity index (χ2v) is 6.66. The lowest BCUT2D eigenvalue weighted by Gasteiger charge is -2.27. The van der Waals surface area contributed by atoms with Crippen LogP contribution in [0.1, 0.15) is 24.5 Å². The van der Waals surface area contributed by atoms with Gasteiger partial charge in [-0.1, -0.05) is 67.6 Å². The molecule has 0 fully saturated rings. The van der Waals surface area contributed by atoms with Gasteiger partial charge in [0.15, 0.2) is 0 Å². The molecule has 0 amide bonds. The van der Waals surface area contributed by atoms with Crippen molar-refractivity contribution in [2.24, 2.45) is 0 Å². The Balaban J connectivity index is 2.16. The maximum absolute atomic E-state index is 10.5. The minimum Gasteiger partial charge on any atom is -0.509 e. The molecule has 5 N–H and O–H groups in total. The lowest BCUT2D eigenvalue weighted by Crippen LogP contribution is -2.46. The van der Waals surface area contributed by atoms with E-state index in [-0.39, 0.29) is 5.76 Å². The molecule has 0 bridgehead atoms. The van der Waals surface area contributed by atoms with Crippen LogP contribution in [0.25, 0.3) is 12.2 Å². The summed E-state index contributed by atoms with van der Waals surface area (Å²) < 4.78 is 5.55. The summed E-state index contributed by atoms with van der Waals surface area (Å²) in [5.41, 5.74) is 1.36. The summed E-state index contributed by atoms with van der Waals surface area (Å²) in [6.45, 7) is 2.20. The Morgan fingerprint density at radius 3 is 1.79 bits per heavy atom. The number of rotatable bonds is 10. The van der Waals surface area contributed by atoms with Crippen LogP contribution in [0, 0.1) is 0 Å². The molecule has 0 spiro atoms. The summed E-state index contributed by atoms with van der Waals surface area (Å²) in [4.78, 5) is 0. The Hall–Kier alpha value is -2.64. The van der Waals surface area contributed by atoms with Gasteiger partial charge in [0, 0.05) is 0 Å². The van der Waals surface area contributed by atoms with Crippen molar-refractivity contribution < 1.29 is 30.3 Å². The Labute approximate surface area is 170 Å². The topological polar surface area (TPSA) is 110 Å². The number of benzene rings is 2. The molecule has 0 aliphatic rings. The van der Waals surface area contributed by atoms with Crippen molar-refractivity contribution in [3.8, 4) is 0 Å². The molecule has 0 aromatic heterocycles. The number of ether oxygens (including phenoxy) is 1. The van der Waals surface area contributed by atoms with Crippen LogP contribution in [0.3, 0.4) is 0 Å². The maximum atomic E-state index is 10.5. The summed E-state index contributed by atoms with van der Waals surface area (Å²) in [5, 5.41) is 51.6. The van der Waals surface area contributed by atoms with Crippen LogP contribution < -0.4 is 0 Å². The molecular weight excluding hydrogens is 372 g/mol. The Morgan fingerprint density at radius 2 is 1.28 bits per heavy atom. The largest absolute Gasteiger partial charge is 0.509 e.